The van der Waals surface area contributed by atoms with E-state index in [1.807, 2.05) is 24.3 Å². The molecule has 1 N–H and O–H groups in total. The topological polar surface area (TPSA) is 66.5 Å². The molecule has 0 fully saturated rings. The van der Waals surface area contributed by atoms with Gasteiger partial charge in [-0.3, -0.25) is 4.79 Å². The lowest BCUT2D eigenvalue weighted by atomic mass is 10.1. The highest BCUT2D eigenvalue weighted by molar-refractivity contribution is 9.10. The summed E-state index contributed by atoms with van der Waals surface area (Å²) in [5.41, 5.74) is 1.08. The molecule has 2 rings (SSSR count). The van der Waals surface area contributed by atoms with Crippen molar-refractivity contribution in [1.82, 2.24) is 9.62 Å². The summed E-state index contributed by atoms with van der Waals surface area (Å²) in [5, 5.41) is 2.67. The molecule has 0 bridgehead atoms. The number of carbonyl (C=O) groups excluding carboxylic acids is 1. The SMILES string of the molecule is CC(=O)NCc1ccc(S(=O)(=O)N(C)CCc2ccc(Br)cc2)s1. The average Bonchev–Trinajstić information content (AvgIpc) is 3.01. The van der Waals surface area contributed by atoms with Crippen molar-refractivity contribution in [2.24, 2.45) is 0 Å². The Labute approximate surface area is 154 Å². The zero-order chi connectivity index (χ0) is 17.7. The van der Waals surface area contributed by atoms with Gasteiger partial charge in [-0.2, -0.15) is 4.31 Å². The van der Waals surface area contributed by atoms with E-state index in [-0.39, 0.29) is 5.91 Å². The third kappa shape index (κ3) is 5.14. The van der Waals surface area contributed by atoms with Crippen molar-refractivity contribution in [2.75, 3.05) is 13.6 Å². The maximum atomic E-state index is 12.6. The molecule has 8 heteroatoms. The molecule has 0 spiro atoms. The second-order valence-electron chi connectivity index (χ2n) is 5.33. The zero-order valence-corrected chi connectivity index (χ0v) is 16.7. The predicted octanol–water partition coefficient (Wildman–Crippen LogP) is 3.01. The van der Waals surface area contributed by atoms with E-state index in [1.54, 1.807) is 19.2 Å². The molecule has 2 aromatic rings. The Balaban J connectivity index is 2.00. The summed E-state index contributed by atoms with van der Waals surface area (Å²) in [5.74, 6) is -0.139. The molecule has 24 heavy (non-hydrogen) atoms. The number of carbonyl (C=O) groups is 1. The largest absolute Gasteiger partial charge is 0.351 e. The number of halogens is 1. The molecule has 1 aromatic carbocycles. The van der Waals surface area contributed by atoms with Crippen molar-refractivity contribution in [1.29, 1.82) is 0 Å². The molecule has 0 saturated heterocycles. The molecule has 0 saturated carbocycles. The number of sulfonamides is 1. The Morgan fingerprint density at radius 3 is 2.50 bits per heavy atom. The van der Waals surface area contributed by atoms with E-state index in [1.165, 1.54) is 22.6 Å². The molecule has 0 unspecified atom stereocenters. The normalized spacial score (nSPS) is 11.7. The number of hydrogen-bond donors (Lipinski definition) is 1. The van der Waals surface area contributed by atoms with Gasteiger partial charge in [0.1, 0.15) is 4.21 Å². The number of rotatable bonds is 7. The molecular weight excluding hydrogens is 412 g/mol. The van der Waals surface area contributed by atoms with Gasteiger partial charge < -0.3 is 5.32 Å². The lowest BCUT2D eigenvalue weighted by Crippen LogP contribution is -2.28. The fourth-order valence-electron chi connectivity index (χ4n) is 2.01. The van der Waals surface area contributed by atoms with Crippen molar-refractivity contribution in [3.8, 4) is 0 Å². The number of nitrogens with zero attached hydrogens (tertiary/aromatic N) is 1. The number of amides is 1. The molecule has 0 radical (unpaired) electrons. The lowest BCUT2D eigenvalue weighted by Gasteiger charge is -2.16. The van der Waals surface area contributed by atoms with Crippen molar-refractivity contribution in [2.45, 2.75) is 24.1 Å². The van der Waals surface area contributed by atoms with Gasteiger partial charge in [-0.15, -0.1) is 11.3 Å². The number of benzene rings is 1. The van der Waals surface area contributed by atoms with E-state index in [0.717, 1.165) is 14.9 Å². The summed E-state index contributed by atoms with van der Waals surface area (Å²) in [6.45, 7) is 2.18. The quantitative estimate of drug-likeness (QED) is 0.733. The van der Waals surface area contributed by atoms with Crippen molar-refractivity contribution in [3.63, 3.8) is 0 Å². The maximum Gasteiger partial charge on any atom is 0.252 e. The smallest absolute Gasteiger partial charge is 0.252 e. The highest BCUT2D eigenvalue weighted by Gasteiger charge is 2.22. The van der Waals surface area contributed by atoms with Crippen LogP contribution in [0.15, 0.2) is 45.1 Å². The van der Waals surface area contributed by atoms with Crippen LogP contribution < -0.4 is 5.32 Å². The number of nitrogens with one attached hydrogen (secondary N) is 1. The number of hydrogen-bond acceptors (Lipinski definition) is 4. The molecule has 0 aliphatic rings. The minimum absolute atomic E-state index is 0.139. The molecule has 1 aromatic heterocycles. The molecule has 5 nitrogen and oxygen atoms in total. The Bertz CT molecular complexity index is 801. The number of likely N-dealkylation sites (N-methyl/N-ethyl adjacent to an activating group) is 1. The van der Waals surface area contributed by atoms with E-state index in [4.69, 9.17) is 0 Å². The summed E-state index contributed by atoms with van der Waals surface area (Å²) < 4.78 is 27.9. The molecule has 130 valence electrons. The van der Waals surface area contributed by atoms with Crippen molar-refractivity contribution >= 4 is 43.2 Å². The van der Waals surface area contributed by atoms with E-state index < -0.39 is 10.0 Å². The van der Waals surface area contributed by atoms with Crippen LogP contribution in [0, 0.1) is 0 Å². The van der Waals surface area contributed by atoms with Crippen LogP contribution in [0.2, 0.25) is 0 Å². The molecular formula is C16H19BrN2O3S2. The fourth-order valence-corrected chi connectivity index (χ4v) is 4.96. The highest BCUT2D eigenvalue weighted by atomic mass is 79.9. The van der Waals surface area contributed by atoms with Gasteiger partial charge >= 0.3 is 0 Å². The van der Waals surface area contributed by atoms with Crippen LogP contribution in [0.1, 0.15) is 17.4 Å². The van der Waals surface area contributed by atoms with Gasteiger partial charge in [0.15, 0.2) is 0 Å². The molecule has 1 heterocycles. The van der Waals surface area contributed by atoms with Gasteiger partial charge in [0.05, 0.1) is 6.54 Å². The van der Waals surface area contributed by atoms with Gasteiger partial charge in [0.2, 0.25) is 5.91 Å². The fraction of sp³-hybridized carbons (Fsp3) is 0.312. The van der Waals surface area contributed by atoms with Gasteiger partial charge in [0.25, 0.3) is 10.0 Å². The Hall–Kier alpha value is -1.22. The third-order valence-electron chi connectivity index (χ3n) is 3.44. The van der Waals surface area contributed by atoms with Gasteiger partial charge in [-0.1, -0.05) is 28.1 Å². The first kappa shape index (κ1) is 19.1. The summed E-state index contributed by atoms with van der Waals surface area (Å²) >= 11 is 4.56. The van der Waals surface area contributed by atoms with Crippen molar-refractivity contribution in [3.05, 3.63) is 51.3 Å². The summed E-state index contributed by atoms with van der Waals surface area (Å²) in [4.78, 5) is 11.7. The van der Waals surface area contributed by atoms with Gasteiger partial charge in [-0.25, -0.2) is 8.42 Å². The lowest BCUT2D eigenvalue weighted by molar-refractivity contribution is -0.119. The van der Waals surface area contributed by atoms with E-state index in [2.05, 4.69) is 21.2 Å². The highest BCUT2D eigenvalue weighted by Crippen LogP contribution is 2.24. The van der Waals surface area contributed by atoms with Gasteiger partial charge in [-0.05, 0) is 36.2 Å². The van der Waals surface area contributed by atoms with Crippen LogP contribution in [0.3, 0.4) is 0 Å². The summed E-state index contributed by atoms with van der Waals surface area (Å²) in [7, 11) is -1.92. The first-order chi connectivity index (χ1) is 11.3. The third-order valence-corrected chi connectivity index (χ3v) is 7.38. The maximum absolute atomic E-state index is 12.6. The minimum Gasteiger partial charge on any atom is -0.351 e. The predicted molar refractivity (Wildman–Crippen MR) is 99.5 cm³/mol. The summed E-state index contributed by atoms with van der Waals surface area (Å²) in [6, 6.07) is 11.2. The summed E-state index contributed by atoms with van der Waals surface area (Å²) in [6.07, 6.45) is 0.646. The van der Waals surface area contributed by atoms with Crippen LogP contribution in [-0.4, -0.2) is 32.2 Å². The Morgan fingerprint density at radius 2 is 1.88 bits per heavy atom. The second-order valence-corrected chi connectivity index (χ2v) is 9.69. The van der Waals surface area contributed by atoms with Crippen LogP contribution >= 0.6 is 27.3 Å². The Morgan fingerprint density at radius 1 is 1.21 bits per heavy atom. The monoisotopic (exact) mass is 430 g/mol. The average molecular weight is 431 g/mol. The zero-order valence-electron chi connectivity index (χ0n) is 13.5. The van der Waals surface area contributed by atoms with Crippen LogP contribution in [-0.2, 0) is 27.8 Å². The van der Waals surface area contributed by atoms with Gasteiger partial charge in [0, 0.05) is 29.9 Å². The molecule has 0 aliphatic carbocycles. The van der Waals surface area contributed by atoms with Crippen LogP contribution in [0.25, 0.3) is 0 Å². The molecule has 0 atom stereocenters. The second kappa shape index (κ2) is 8.24. The molecule has 1 amide bonds. The van der Waals surface area contributed by atoms with Crippen LogP contribution in [0.4, 0.5) is 0 Å². The van der Waals surface area contributed by atoms with E-state index in [0.29, 0.717) is 23.7 Å². The standard InChI is InChI=1S/C16H19BrN2O3S2/c1-12(20)18-11-15-7-8-16(23-15)24(21,22)19(2)10-9-13-3-5-14(17)6-4-13/h3-8H,9-11H2,1-2H3,(H,18,20). The minimum atomic E-state index is -3.51. The van der Waals surface area contributed by atoms with E-state index in [9.17, 15) is 13.2 Å². The Kier molecular flexibility index (Phi) is 6.56. The van der Waals surface area contributed by atoms with Crippen LogP contribution in [0.5, 0.6) is 0 Å². The van der Waals surface area contributed by atoms with E-state index >= 15 is 0 Å². The first-order valence-electron chi connectivity index (χ1n) is 7.33. The van der Waals surface area contributed by atoms with Crippen molar-refractivity contribution < 1.29 is 13.2 Å². The number of thiophene rings is 1. The molecule has 0 aliphatic heterocycles. The first-order valence-corrected chi connectivity index (χ1v) is 10.4.